The molecule has 0 aromatic heterocycles. The fraction of sp³-hybridized carbons (Fsp3) is 0.600. The van der Waals surface area contributed by atoms with Crippen LogP contribution in [0.3, 0.4) is 0 Å². The van der Waals surface area contributed by atoms with E-state index in [0.717, 1.165) is 6.54 Å². The van der Waals surface area contributed by atoms with E-state index in [9.17, 15) is 0 Å². The predicted molar refractivity (Wildman–Crippen MR) is 72.9 cm³/mol. The molecule has 17 heavy (non-hydrogen) atoms. The standard InChI is InChI=1S/C15H24N2/c1-12-4-6-13(7-5-12)14(16)10-17-9-8-15(2,3)11-17/h4-7,14H,8-11,16H2,1-3H3. The van der Waals surface area contributed by atoms with Crippen molar-refractivity contribution in [2.45, 2.75) is 33.2 Å². The van der Waals surface area contributed by atoms with Crippen molar-refractivity contribution in [3.05, 3.63) is 35.4 Å². The molecule has 2 N–H and O–H groups in total. The van der Waals surface area contributed by atoms with Gasteiger partial charge in [0.25, 0.3) is 0 Å². The van der Waals surface area contributed by atoms with Gasteiger partial charge in [-0.05, 0) is 30.9 Å². The fourth-order valence-corrected chi connectivity index (χ4v) is 2.58. The van der Waals surface area contributed by atoms with E-state index in [0.29, 0.717) is 5.41 Å². The molecular weight excluding hydrogens is 208 g/mol. The molecule has 1 heterocycles. The molecule has 0 spiro atoms. The summed E-state index contributed by atoms with van der Waals surface area (Å²) in [6, 6.07) is 8.73. The van der Waals surface area contributed by atoms with Crippen LogP contribution in [0.4, 0.5) is 0 Å². The third-order valence-corrected chi connectivity index (χ3v) is 3.72. The first-order valence-electron chi connectivity index (χ1n) is 6.51. The zero-order valence-electron chi connectivity index (χ0n) is 11.2. The number of hydrogen-bond donors (Lipinski definition) is 1. The lowest BCUT2D eigenvalue weighted by molar-refractivity contribution is 0.276. The Hall–Kier alpha value is -0.860. The maximum Gasteiger partial charge on any atom is 0.0424 e. The minimum Gasteiger partial charge on any atom is -0.323 e. The molecule has 94 valence electrons. The van der Waals surface area contributed by atoms with Gasteiger partial charge < -0.3 is 10.6 Å². The summed E-state index contributed by atoms with van der Waals surface area (Å²) >= 11 is 0. The average molecular weight is 232 g/mol. The second kappa shape index (κ2) is 4.79. The van der Waals surface area contributed by atoms with Crippen LogP contribution in [-0.4, -0.2) is 24.5 Å². The molecule has 1 saturated heterocycles. The Bertz CT molecular complexity index is 367. The van der Waals surface area contributed by atoms with Crippen molar-refractivity contribution < 1.29 is 0 Å². The van der Waals surface area contributed by atoms with E-state index in [4.69, 9.17) is 5.73 Å². The third kappa shape index (κ3) is 3.30. The third-order valence-electron chi connectivity index (χ3n) is 3.72. The lowest BCUT2D eigenvalue weighted by Crippen LogP contribution is -2.31. The molecule has 0 radical (unpaired) electrons. The highest BCUT2D eigenvalue weighted by Crippen LogP contribution is 2.29. The van der Waals surface area contributed by atoms with Gasteiger partial charge in [0, 0.05) is 19.1 Å². The van der Waals surface area contributed by atoms with Crippen LogP contribution < -0.4 is 5.73 Å². The van der Waals surface area contributed by atoms with Gasteiger partial charge in [0.1, 0.15) is 0 Å². The first-order chi connectivity index (χ1) is 7.96. The zero-order chi connectivity index (χ0) is 12.5. The van der Waals surface area contributed by atoms with Crippen molar-refractivity contribution >= 4 is 0 Å². The molecule has 1 aromatic carbocycles. The van der Waals surface area contributed by atoms with Crippen LogP contribution in [0.15, 0.2) is 24.3 Å². The van der Waals surface area contributed by atoms with Gasteiger partial charge in [0.2, 0.25) is 0 Å². The van der Waals surface area contributed by atoms with Crippen LogP contribution >= 0.6 is 0 Å². The SMILES string of the molecule is Cc1ccc(C(N)CN2CCC(C)(C)C2)cc1. The largest absolute Gasteiger partial charge is 0.323 e. The Morgan fingerprint density at radius 1 is 1.29 bits per heavy atom. The van der Waals surface area contributed by atoms with Crippen LogP contribution in [-0.2, 0) is 0 Å². The summed E-state index contributed by atoms with van der Waals surface area (Å²) in [6.45, 7) is 10.1. The Kier molecular flexibility index (Phi) is 3.55. The normalized spacial score (nSPS) is 21.6. The van der Waals surface area contributed by atoms with Crippen molar-refractivity contribution in [1.82, 2.24) is 4.90 Å². The second-order valence-corrected chi connectivity index (χ2v) is 6.17. The van der Waals surface area contributed by atoms with E-state index in [1.54, 1.807) is 0 Å². The summed E-state index contributed by atoms with van der Waals surface area (Å²) in [4.78, 5) is 2.49. The molecule has 1 unspecified atom stereocenters. The first-order valence-corrected chi connectivity index (χ1v) is 6.51. The molecule has 1 fully saturated rings. The van der Waals surface area contributed by atoms with Gasteiger partial charge >= 0.3 is 0 Å². The number of aryl methyl sites for hydroxylation is 1. The molecule has 0 bridgehead atoms. The van der Waals surface area contributed by atoms with Gasteiger partial charge in [0.15, 0.2) is 0 Å². The summed E-state index contributed by atoms with van der Waals surface area (Å²) in [5.74, 6) is 0. The van der Waals surface area contributed by atoms with Crippen molar-refractivity contribution in [1.29, 1.82) is 0 Å². The molecule has 1 aromatic rings. The highest BCUT2D eigenvalue weighted by molar-refractivity contribution is 5.24. The van der Waals surface area contributed by atoms with E-state index < -0.39 is 0 Å². The predicted octanol–water partition coefficient (Wildman–Crippen LogP) is 2.73. The van der Waals surface area contributed by atoms with Gasteiger partial charge in [-0.2, -0.15) is 0 Å². The van der Waals surface area contributed by atoms with Crippen LogP contribution in [0.5, 0.6) is 0 Å². The van der Waals surface area contributed by atoms with Gasteiger partial charge in [-0.25, -0.2) is 0 Å². The lowest BCUT2D eigenvalue weighted by Gasteiger charge is -2.23. The highest BCUT2D eigenvalue weighted by Gasteiger charge is 2.29. The molecule has 0 aliphatic carbocycles. The van der Waals surface area contributed by atoms with E-state index in [1.807, 2.05) is 0 Å². The van der Waals surface area contributed by atoms with Gasteiger partial charge in [-0.15, -0.1) is 0 Å². The van der Waals surface area contributed by atoms with E-state index in [2.05, 4.69) is 49.9 Å². The topological polar surface area (TPSA) is 29.3 Å². The average Bonchev–Trinajstić information content (AvgIpc) is 2.59. The second-order valence-electron chi connectivity index (χ2n) is 6.17. The maximum atomic E-state index is 6.27. The fourth-order valence-electron chi connectivity index (χ4n) is 2.58. The minimum atomic E-state index is 0.143. The lowest BCUT2D eigenvalue weighted by atomic mass is 9.93. The molecule has 2 nitrogen and oxygen atoms in total. The number of likely N-dealkylation sites (tertiary alicyclic amines) is 1. The molecule has 0 amide bonds. The number of benzene rings is 1. The van der Waals surface area contributed by atoms with Gasteiger partial charge in [0.05, 0.1) is 0 Å². The monoisotopic (exact) mass is 232 g/mol. The number of nitrogens with two attached hydrogens (primary N) is 1. The van der Waals surface area contributed by atoms with Crippen molar-refractivity contribution in [2.75, 3.05) is 19.6 Å². The van der Waals surface area contributed by atoms with Crippen LogP contribution in [0.25, 0.3) is 0 Å². The van der Waals surface area contributed by atoms with Gasteiger partial charge in [-0.3, -0.25) is 0 Å². The summed E-state index contributed by atoms with van der Waals surface area (Å²) in [5.41, 5.74) is 9.28. The van der Waals surface area contributed by atoms with Crippen molar-refractivity contribution in [3.63, 3.8) is 0 Å². The van der Waals surface area contributed by atoms with E-state index >= 15 is 0 Å². The van der Waals surface area contributed by atoms with E-state index in [-0.39, 0.29) is 6.04 Å². The molecule has 2 rings (SSSR count). The van der Waals surface area contributed by atoms with E-state index in [1.165, 1.54) is 30.6 Å². The molecule has 1 aliphatic heterocycles. The Labute approximate surface area is 105 Å². The maximum absolute atomic E-state index is 6.27. The highest BCUT2D eigenvalue weighted by atomic mass is 15.2. The zero-order valence-corrected chi connectivity index (χ0v) is 11.2. The molecule has 2 heteroatoms. The quantitative estimate of drug-likeness (QED) is 0.868. The van der Waals surface area contributed by atoms with Crippen molar-refractivity contribution in [2.24, 2.45) is 11.1 Å². The van der Waals surface area contributed by atoms with Gasteiger partial charge in [-0.1, -0.05) is 43.7 Å². The molecule has 0 saturated carbocycles. The Morgan fingerprint density at radius 3 is 2.47 bits per heavy atom. The first kappa shape index (κ1) is 12.6. The number of hydrogen-bond acceptors (Lipinski definition) is 2. The summed E-state index contributed by atoms with van der Waals surface area (Å²) in [7, 11) is 0. The summed E-state index contributed by atoms with van der Waals surface area (Å²) in [6.07, 6.45) is 1.29. The van der Waals surface area contributed by atoms with Crippen LogP contribution in [0, 0.1) is 12.3 Å². The smallest absolute Gasteiger partial charge is 0.0424 e. The van der Waals surface area contributed by atoms with Crippen LogP contribution in [0.1, 0.15) is 37.4 Å². The Balaban J connectivity index is 1.93. The molecule has 1 atom stereocenters. The summed E-state index contributed by atoms with van der Waals surface area (Å²) < 4.78 is 0. The number of nitrogens with zero attached hydrogens (tertiary/aromatic N) is 1. The molecule has 1 aliphatic rings. The number of rotatable bonds is 3. The Morgan fingerprint density at radius 2 is 1.94 bits per heavy atom. The summed E-state index contributed by atoms with van der Waals surface area (Å²) in [5, 5.41) is 0. The molecular formula is C15H24N2. The van der Waals surface area contributed by atoms with Crippen molar-refractivity contribution in [3.8, 4) is 0 Å². The van der Waals surface area contributed by atoms with Crippen LogP contribution in [0.2, 0.25) is 0 Å². The minimum absolute atomic E-state index is 0.143.